The minimum absolute atomic E-state index is 0.0124. The molecule has 12 aromatic rings. The summed E-state index contributed by atoms with van der Waals surface area (Å²) in [5.41, 5.74) is 34.8. The van der Waals surface area contributed by atoms with Crippen molar-refractivity contribution >= 4 is 192 Å². The summed E-state index contributed by atoms with van der Waals surface area (Å²) in [6.07, 6.45) is 0. The predicted octanol–water partition coefficient (Wildman–Crippen LogP) is 10.4. The molecule has 7 aliphatic rings. The molecule has 4 nitrogen and oxygen atoms in total. The van der Waals surface area contributed by atoms with Gasteiger partial charge in [0.15, 0.2) is 0 Å². The molecule has 0 spiro atoms. The van der Waals surface area contributed by atoms with E-state index < -0.39 is 0 Å². The highest BCUT2D eigenvalue weighted by Gasteiger charge is 2.58. The first-order valence-corrected chi connectivity index (χ1v) is 29.9. The van der Waals surface area contributed by atoms with Crippen LogP contribution in [-0.2, 0) is 0 Å². The number of rotatable bonds is 4. The fourth-order valence-corrected chi connectivity index (χ4v) is 17.7. The highest BCUT2D eigenvalue weighted by atomic mass is 32.1. The quantitative estimate of drug-likeness (QED) is 0.163. The maximum absolute atomic E-state index is 2.77. The number of benzene rings is 11. The molecule has 81 heavy (non-hydrogen) atoms. The Bertz CT molecular complexity index is 4780. The molecule has 0 amide bonds. The van der Waals surface area contributed by atoms with Crippen LogP contribution in [0.3, 0.4) is 0 Å². The van der Waals surface area contributed by atoms with Crippen molar-refractivity contribution in [2.75, 3.05) is 19.6 Å². The molecule has 376 valence electrons. The van der Waals surface area contributed by atoms with Gasteiger partial charge in [0.25, 0.3) is 20.1 Å². The Labute approximate surface area is 477 Å². The minimum Gasteiger partial charge on any atom is -0.312 e. The topological polar surface area (TPSA) is 13.0 Å². The Hall–Kier alpha value is -8.90. The maximum Gasteiger partial charge on any atom is 0.252 e. The normalized spacial score (nSPS) is 14.7. The minimum atomic E-state index is -0.0958. The molecule has 0 saturated carbocycles. The van der Waals surface area contributed by atoms with E-state index in [4.69, 9.17) is 0 Å². The van der Waals surface area contributed by atoms with Crippen molar-refractivity contribution in [3.63, 3.8) is 0 Å². The van der Waals surface area contributed by atoms with Crippen LogP contribution < -0.4 is 85.2 Å². The second-order valence-electron chi connectivity index (χ2n) is 24.1. The van der Waals surface area contributed by atoms with Gasteiger partial charge in [-0.2, -0.15) is 0 Å². The second kappa shape index (κ2) is 15.9. The lowest BCUT2D eigenvalue weighted by molar-refractivity contribution is 0.845. The standard InChI is InChI=1S/C72H50B4N4S/c1-41(2)44-24-20-25-45(42(3)4)66(44)75-48-26-9-14-31-56(48)77(43-21-6-5-7-22-43)62-40-63-54(38-53(62)75)76-55-39-65-47(46-23-8-19-36-64(46)81-65)37-61(55)79-59-34-17-12-29-51(59)73-49-27-10-15-32-57(49)78-58-33-16-11-28-50(58)74-52-30-13-18-35-60(52)80(63)72-68(74)70(78)67(73)71(79)69(72)76/h5-42H,1-4H3. The van der Waals surface area contributed by atoms with Crippen LogP contribution in [0.15, 0.2) is 218 Å². The molecule has 19 rings (SSSR count). The highest BCUT2D eigenvalue weighted by Crippen LogP contribution is 2.53. The van der Waals surface area contributed by atoms with Crippen LogP contribution in [0.4, 0.5) is 68.2 Å². The zero-order valence-corrected chi connectivity index (χ0v) is 46.3. The van der Waals surface area contributed by atoms with E-state index in [0.717, 1.165) is 5.69 Å². The molecule has 7 aliphatic heterocycles. The van der Waals surface area contributed by atoms with Gasteiger partial charge in [-0.05, 0) is 150 Å². The Morgan fingerprint density at radius 2 is 0.667 bits per heavy atom. The van der Waals surface area contributed by atoms with Gasteiger partial charge >= 0.3 is 0 Å². The summed E-state index contributed by atoms with van der Waals surface area (Å²) in [5, 5.41) is 2.65. The summed E-state index contributed by atoms with van der Waals surface area (Å²) >= 11 is 1.94. The summed E-state index contributed by atoms with van der Waals surface area (Å²) in [6, 6.07) is 84.9. The SMILES string of the molecule is CC(C)c1cccc(C(C)C)c1B1c2ccccc2N(c2ccccc2)c2cc3c(cc21)B1c2cc4sc5ccccc5c4cc2N2c4ccccc4B4c5ccccc5N5c6ccccc6B6c7ccccc7N3c3c6c5c4c2c31. The lowest BCUT2D eigenvalue weighted by atomic mass is 9.24. The average molecular weight is 1050 g/mol. The zero-order valence-electron chi connectivity index (χ0n) is 45.4. The van der Waals surface area contributed by atoms with Crippen LogP contribution in [-0.4, -0.2) is 26.9 Å². The van der Waals surface area contributed by atoms with E-state index in [9.17, 15) is 0 Å². The zero-order chi connectivity index (χ0) is 53.3. The van der Waals surface area contributed by atoms with E-state index in [1.165, 1.54) is 159 Å². The van der Waals surface area contributed by atoms with Gasteiger partial charge in [0.05, 0.1) is 0 Å². The number of thiophene rings is 1. The molecular formula is C72H50B4N4S. The number of hydrogen-bond donors (Lipinski definition) is 0. The number of hydrogen-bond acceptors (Lipinski definition) is 5. The monoisotopic (exact) mass is 1050 g/mol. The molecule has 11 aromatic carbocycles. The van der Waals surface area contributed by atoms with E-state index in [1.807, 2.05) is 11.3 Å². The summed E-state index contributed by atoms with van der Waals surface area (Å²) < 4.78 is 2.66. The Kier molecular flexibility index (Phi) is 8.83. The molecule has 0 radical (unpaired) electrons. The lowest BCUT2D eigenvalue weighted by Gasteiger charge is -2.56. The molecule has 0 unspecified atom stereocenters. The molecule has 8 heterocycles. The third kappa shape index (κ3) is 5.56. The first-order valence-electron chi connectivity index (χ1n) is 29.1. The van der Waals surface area contributed by atoms with Gasteiger partial charge in [0.1, 0.15) is 0 Å². The molecule has 0 bridgehead atoms. The lowest BCUT2D eigenvalue weighted by Crippen LogP contribution is -2.75. The number of fused-ring (bicyclic) bond motifs is 23. The first-order chi connectivity index (χ1) is 39.9. The number of para-hydroxylation sites is 6. The molecule has 0 saturated heterocycles. The van der Waals surface area contributed by atoms with Gasteiger partial charge in [-0.15, -0.1) is 11.3 Å². The fraction of sp³-hybridized carbons (Fsp3) is 0.0833. The van der Waals surface area contributed by atoms with Crippen LogP contribution in [0.25, 0.3) is 20.2 Å². The van der Waals surface area contributed by atoms with Crippen LogP contribution in [0.2, 0.25) is 0 Å². The molecule has 1 aromatic heterocycles. The molecule has 0 fully saturated rings. The van der Waals surface area contributed by atoms with Crippen molar-refractivity contribution in [2.24, 2.45) is 0 Å². The summed E-state index contributed by atoms with van der Waals surface area (Å²) in [7, 11) is 0. The van der Waals surface area contributed by atoms with Crippen LogP contribution >= 0.6 is 11.3 Å². The Morgan fingerprint density at radius 1 is 0.284 bits per heavy atom. The first kappa shape index (κ1) is 44.9. The van der Waals surface area contributed by atoms with Gasteiger partial charge in [0, 0.05) is 88.4 Å². The Balaban J connectivity index is 1.02. The Morgan fingerprint density at radius 3 is 1.17 bits per heavy atom. The third-order valence-corrected chi connectivity index (χ3v) is 20.7. The predicted molar refractivity (Wildman–Crippen MR) is 351 cm³/mol. The molecule has 9 heteroatoms. The van der Waals surface area contributed by atoms with Crippen molar-refractivity contribution in [3.8, 4) is 0 Å². The second-order valence-corrected chi connectivity index (χ2v) is 25.2. The van der Waals surface area contributed by atoms with E-state index in [1.54, 1.807) is 0 Å². The number of nitrogens with zero attached hydrogens (tertiary/aromatic N) is 4. The van der Waals surface area contributed by atoms with Crippen LogP contribution in [0.1, 0.15) is 50.7 Å². The van der Waals surface area contributed by atoms with Gasteiger partial charge in [0.2, 0.25) is 6.71 Å². The molecule has 0 aliphatic carbocycles. The molecule has 0 N–H and O–H groups in total. The van der Waals surface area contributed by atoms with Gasteiger partial charge < -0.3 is 19.6 Å². The smallest absolute Gasteiger partial charge is 0.252 e. The molecule has 0 atom stereocenters. The van der Waals surface area contributed by atoms with Gasteiger partial charge in [-0.1, -0.05) is 185 Å². The van der Waals surface area contributed by atoms with Gasteiger partial charge in [-0.25, -0.2) is 0 Å². The van der Waals surface area contributed by atoms with Crippen molar-refractivity contribution in [3.05, 3.63) is 230 Å². The van der Waals surface area contributed by atoms with Crippen molar-refractivity contribution < 1.29 is 0 Å². The molecular weight excluding hydrogens is 996 g/mol. The van der Waals surface area contributed by atoms with Crippen LogP contribution in [0, 0.1) is 0 Å². The maximum atomic E-state index is 2.77. The number of anilines is 12. The van der Waals surface area contributed by atoms with E-state index >= 15 is 0 Å². The van der Waals surface area contributed by atoms with Crippen molar-refractivity contribution in [1.29, 1.82) is 0 Å². The average Bonchev–Trinajstić information content (AvgIpc) is 2.44. The summed E-state index contributed by atoms with van der Waals surface area (Å²) in [4.78, 5) is 10.8. The fourth-order valence-electron chi connectivity index (χ4n) is 16.6. The van der Waals surface area contributed by atoms with E-state index in [0.29, 0.717) is 11.8 Å². The van der Waals surface area contributed by atoms with Crippen LogP contribution in [0.5, 0.6) is 0 Å². The van der Waals surface area contributed by atoms with Gasteiger partial charge in [-0.3, -0.25) is 0 Å². The van der Waals surface area contributed by atoms with E-state index in [-0.39, 0.29) is 26.9 Å². The van der Waals surface area contributed by atoms with Crippen molar-refractivity contribution in [2.45, 2.75) is 39.5 Å². The van der Waals surface area contributed by atoms with E-state index in [2.05, 4.69) is 266 Å². The summed E-state index contributed by atoms with van der Waals surface area (Å²) in [6.45, 7) is 9.47. The largest absolute Gasteiger partial charge is 0.312 e. The third-order valence-electron chi connectivity index (χ3n) is 19.6. The van der Waals surface area contributed by atoms with Crippen molar-refractivity contribution in [1.82, 2.24) is 0 Å². The highest BCUT2D eigenvalue weighted by molar-refractivity contribution is 7.26. The summed E-state index contributed by atoms with van der Waals surface area (Å²) in [5.74, 6) is 0.649.